The summed E-state index contributed by atoms with van der Waals surface area (Å²) in [5.41, 5.74) is 2.20. The van der Waals surface area contributed by atoms with Gasteiger partial charge in [-0.05, 0) is 30.3 Å². The number of hydrogen-bond donors (Lipinski definition) is 2. The van der Waals surface area contributed by atoms with Crippen molar-refractivity contribution in [1.29, 1.82) is 0 Å². The van der Waals surface area contributed by atoms with Crippen molar-refractivity contribution in [3.8, 4) is 0 Å². The van der Waals surface area contributed by atoms with Gasteiger partial charge in [0.25, 0.3) is 0 Å². The molecule has 4 rings (SSSR count). The van der Waals surface area contributed by atoms with Crippen LogP contribution in [0.2, 0.25) is 0 Å². The summed E-state index contributed by atoms with van der Waals surface area (Å²) in [6, 6.07) is 11.8. The van der Waals surface area contributed by atoms with Gasteiger partial charge in [0.1, 0.15) is 0 Å². The number of rotatable bonds is 6. The second kappa shape index (κ2) is 8.48. The van der Waals surface area contributed by atoms with Crippen molar-refractivity contribution in [2.45, 2.75) is 5.16 Å². The molecule has 158 valence electrons. The molecule has 0 radical (unpaired) electrons. The van der Waals surface area contributed by atoms with Crippen LogP contribution in [0.4, 0.5) is 5.69 Å². The molecule has 0 bridgehead atoms. The molecule has 0 aliphatic carbocycles. The van der Waals surface area contributed by atoms with E-state index >= 15 is 0 Å². The Morgan fingerprint density at radius 3 is 2.42 bits per heavy atom. The molecule has 0 unspecified atom stereocenters. The number of para-hydroxylation sites is 2. The molecule has 0 saturated carbocycles. The number of aromatic amines is 1. The van der Waals surface area contributed by atoms with Gasteiger partial charge < -0.3 is 14.8 Å². The van der Waals surface area contributed by atoms with Crippen molar-refractivity contribution < 1.29 is 23.9 Å². The van der Waals surface area contributed by atoms with Crippen LogP contribution in [0.3, 0.4) is 0 Å². The minimum Gasteiger partial charge on any atom is -0.465 e. The summed E-state index contributed by atoms with van der Waals surface area (Å²) in [6.07, 6.45) is 0. The summed E-state index contributed by atoms with van der Waals surface area (Å²) in [5.74, 6) is -0.994. The lowest BCUT2D eigenvalue weighted by Gasteiger charge is -2.09. The highest BCUT2D eigenvalue weighted by Crippen LogP contribution is 2.23. The number of methoxy groups -OCH3 is 2. The van der Waals surface area contributed by atoms with Crippen molar-refractivity contribution in [1.82, 2.24) is 19.6 Å². The number of ether oxygens (including phenoxy) is 2. The van der Waals surface area contributed by atoms with Gasteiger partial charge in [-0.15, -0.1) is 5.10 Å². The van der Waals surface area contributed by atoms with Gasteiger partial charge in [0.05, 0.1) is 42.1 Å². The van der Waals surface area contributed by atoms with E-state index in [-0.39, 0.29) is 28.5 Å². The van der Waals surface area contributed by atoms with Gasteiger partial charge in [0.15, 0.2) is 5.16 Å². The third-order valence-electron chi connectivity index (χ3n) is 4.39. The Hall–Kier alpha value is -3.86. The van der Waals surface area contributed by atoms with Crippen LogP contribution >= 0.6 is 11.8 Å². The summed E-state index contributed by atoms with van der Waals surface area (Å²) in [6.45, 7) is 0. The zero-order chi connectivity index (χ0) is 22.0. The van der Waals surface area contributed by atoms with Crippen molar-refractivity contribution in [3.63, 3.8) is 0 Å². The van der Waals surface area contributed by atoms with Crippen molar-refractivity contribution in [2.75, 3.05) is 25.3 Å². The Bertz CT molecular complexity index is 1280. The molecular formula is C20H17N5O5S. The number of thioether (sulfide) groups is 1. The van der Waals surface area contributed by atoms with E-state index in [2.05, 4.69) is 20.5 Å². The normalized spacial score (nSPS) is 10.9. The van der Waals surface area contributed by atoms with Gasteiger partial charge in [0.2, 0.25) is 11.7 Å². The average molecular weight is 439 g/mol. The highest BCUT2D eigenvalue weighted by Gasteiger charge is 2.16. The van der Waals surface area contributed by atoms with E-state index in [9.17, 15) is 14.4 Å². The second-order valence-electron chi connectivity index (χ2n) is 6.38. The van der Waals surface area contributed by atoms with Crippen LogP contribution in [-0.2, 0) is 14.3 Å². The second-order valence-corrected chi connectivity index (χ2v) is 7.33. The fourth-order valence-corrected chi connectivity index (χ4v) is 3.79. The van der Waals surface area contributed by atoms with E-state index in [1.165, 1.54) is 44.2 Å². The number of carbonyl (C=O) groups excluding carboxylic acids is 3. The van der Waals surface area contributed by atoms with Crippen molar-refractivity contribution in [2.24, 2.45) is 0 Å². The zero-order valence-corrected chi connectivity index (χ0v) is 17.4. The third-order valence-corrected chi connectivity index (χ3v) is 5.33. The lowest BCUT2D eigenvalue weighted by atomic mass is 10.1. The minimum atomic E-state index is -0.637. The number of anilines is 1. The van der Waals surface area contributed by atoms with Crippen LogP contribution in [0.5, 0.6) is 0 Å². The predicted octanol–water partition coefficient (Wildman–Crippen LogP) is 2.51. The standard InChI is InChI=1S/C20H17N5O5S/c1-29-17(27)11-7-12(18(28)30-2)9-13(8-11)21-16(26)10-31-20-24-23-19-22-14-5-3-4-6-15(14)25(19)20/h3-9H,10H2,1-2H3,(H,21,26)(H,22,23). The van der Waals surface area contributed by atoms with E-state index in [0.717, 1.165) is 11.0 Å². The molecule has 4 aromatic rings. The Morgan fingerprint density at radius 2 is 1.74 bits per heavy atom. The maximum Gasteiger partial charge on any atom is 0.337 e. The molecule has 0 aliphatic rings. The molecule has 2 aromatic heterocycles. The first kappa shape index (κ1) is 20.4. The third kappa shape index (κ3) is 4.08. The molecule has 11 heteroatoms. The summed E-state index contributed by atoms with van der Waals surface area (Å²) >= 11 is 1.22. The van der Waals surface area contributed by atoms with Gasteiger partial charge >= 0.3 is 11.9 Å². The van der Waals surface area contributed by atoms with Crippen LogP contribution in [0.15, 0.2) is 47.6 Å². The maximum absolute atomic E-state index is 12.5. The number of amides is 1. The molecule has 0 aliphatic heterocycles. The van der Waals surface area contributed by atoms with Crippen LogP contribution < -0.4 is 5.32 Å². The molecule has 0 saturated heterocycles. The number of esters is 2. The van der Waals surface area contributed by atoms with Gasteiger partial charge in [0, 0.05) is 5.69 Å². The van der Waals surface area contributed by atoms with Gasteiger partial charge in [-0.2, -0.15) is 0 Å². The fourth-order valence-electron chi connectivity index (χ4n) is 3.04. The monoisotopic (exact) mass is 439 g/mol. The van der Waals surface area contributed by atoms with E-state index in [4.69, 9.17) is 9.47 Å². The fraction of sp³-hybridized carbons (Fsp3) is 0.150. The number of aromatic nitrogens is 4. The SMILES string of the molecule is COC(=O)c1cc(NC(=O)CSc2n[nH]c3nc4ccccc4n23)cc(C(=O)OC)c1. The molecule has 1 amide bonds. The number of nitrogens with zero attached hydrogens (tertiary/aromatic N) is 3. The van der Waals surface area contributed by atoms with Crippen LogP contribution in [0.1, 0.15) is 20.7 Å². The molecule has 0 atom stereocenters. The molecule has 2 N–H and O–H groups in total. The van der Waals surface area contributed by atoms with E-state index in [1.54, 1.807) is 0 Å². The van der Waals surface area contributed by atoms with Gasteiger partial charge in [-0.25, -0.2) is 19.7 Å². The molecule has 10 nitrogen and oxygen atoms in total. The zero-order valence-electron chi connectivity index (χ0n) is 16.5. The Balaban J connectivity index is 1.52. The van der Waals surface area contributed by atoms with E-state index in [1.807, 2.05) is 28.7 Å². The minimum absolute atomic E-state index is 0.0441. The maximum atomic E-state index is 12.5. The van der Waals surface area contributed by atoms with Crippen LogP contribution in [0.25, 0.3) is 16.8 Å². The Kier molecular flexibility index (Phi) is 5.58. The molecule has 0 fully saturated rings. The molecule has 2 heterocycles. The van der Waals surface area contributed by atoms with Gasteiger partial charge in [-0.3, -0.25) is 9.20 Å². The first-order valence-electron chi connectivity index (χ1n) is 9.06. The number of H-pyrrole nitrogens is 1. The lowest BCUT2D eigenvalue weighted by Crippen LogP contribution is -2.16. The first-order chi connectivity index (χ1) is 15.0. The molecular weight excluding hydrogens is 422 g/mol. The van der Waals surface area contributed by atoms with Crippen LogP contribution in [-0.4, -0.2) is 57.4 Å². The quantitative estimate of drug-likeness (QED) is 0.346. The van der Waals surface area contributed by atoms with Gasteiger partial charge in [-0.1, -0.05) is 23.9 Å². The lowest BCUT2D eigenvalue weighted by molar-refractivity contribution is -0.113. The smallest absolute Gasteiger partial charge is 0.337 e. The number of benzene rings is 2. The largest absolute Gasteiger partial charge is 0.465 e. The topological polar surface area (TPSA) is 128 Å². The number of fused-ring (bicyclic) bond motifs is 3. The average Bonchev–Trinajstić information content (AvgIpc) is 3.35. The van der Waals surface area contributed by atoms with Crippen molar-refractivity contribution in [3.05, 3.63) is 53.6 Å². The summed E-state index contributed by atoms with van der Waals surface area (Å²) < 4.78 is 11.2. The highest BCUT2D eigenvalue weighted by molar-refractivity contribution is 7.99. The Morgan fingerprint density at radius 1 is 1.06 bits per heavy atom. The summed E-state index contributed by atoms with van der Waals surface area (Å²) in [7, 11) is 2.46. The van der Waals surface area contributed by atoms with E-state index < -0.39 is 11.9 Å². The number of nitrogens with one attached hydrogen (secondary N) is 2. The van der Waals surface area contributed by atoms with Crippen molar-refractivity contribution >= 4 is 52.1 Å². The van der Waals surface area contributed by atoms with E-state index in [0.29, 0.717) is 10.9 Å². The molecule has 31 heavy (non-hydrogen) atoms. The summed E-state index contributed by atoms with van der Waals surface area (Å²) in [5, 5.41) is 10.3. The van der Waals surface area contributed by atoms with Crippen LogP contribution in [0, 0.1) is 0 Å². The highest BCUT2D eigenvalue weighted by atomic mass is 32.2. The Labute approximate surface area is 179 Å². The summed E-state index contributed by atoms with van der Waals surface area (Å²) in [4.78, 5) is 40.7. The number of imidazole rings is 1. The first-order valence-corrected chi connectivity index (χ1v) is 10.0. The molecule has 2 aromatic carbocycles. The molecule has 0 spiro atoms. The number of carbonyl (C=O) groups is 3. The predicted molar refractivity (Wildman–Crippen MR) is 113 cm³/mol. The number of hydrogen-bond acceptors (Lipinski definition) is 8.